The van der Waals surface area contributed by atoms with Gasteiger partial charge in [-0.1, -0.05) is 24.3 Å². The topological polar surface area (TPSA) is 42.1 Å². The Balaban J connectivity index is 2.00. The number of hydrogen-bond donors (Lipinski definition) is 1. The van der Waals surface area contributed by atoms with E-state index in [0.29, 0.717) is 6.54 Å². The van der Waals surface area contributed by atoms with E-state index in [1.54, 1.807) is 6.20 Å². The van der Waals surface area contributed by atoms with Gasteiger partial charge in [0.05, 0.1) is 17.9 Å². The Kier molecular flexibility index (Phi) is 2.53. The number of anilines is 1. The van der Waals surface area contributed by atoms with E-state index in [-0.39, 0.29) is 6.04 Å². The van der Waals surface area contributed by atoms with Crippen LogP contribution in [0, 0.1) is 0 Å². The fourth-order valence-corrected chi connectivity index (χ4v) is 2.51. The lowest BCUT2D eigenvalue weighted by Crippen LogP contribution is -2.27. The number of hydrogen-bond acceptors (Lipinski definition) is 3. The molecule has 0 saturated carbocycles. The van der Waals surface area contributed by atoms with Crippen LogP contribution in [0.25, 0.3) is 0 Å². The summed E-state index contributed by atoms with van der Waals surface area (Å²) in [5, 5.41) is 0. The van der Waals surface area contributed by atoms with E-state index in [2.05, 4.69) is 40.2 Å². The summed E-state index contributed by atoms with van der Waals surface area (Å²) in [6, 6.07) is 12.8. The van der Waals surface area contributed by atoms with Gasteiger partial charge in [-0.15, -0.1) is 0 Å². The molecular formula is C14H15N3. The predicted molar refractivity (Wildman–Crippen MR) is 68.7 cm³/mol. The molecule has 1 aliphatic rings. The van der Waals surface area contributed by atoms with Gasteiger partial charge in [-0.2, -0.15) is 0 Å². The lowest BCUT2D eigenvalue weighted by Gasteiger charge is -2.25. The van der Waals surface area contributed by atoms with Crippen LogP contribution < -0.4 is 10.6 Å². The zero-order valence-electron chi connectivity index (χ0n) is 9.58. The smallest absolute Gasteiger partial charge is 0.0672 e. The molecule has 17 heavy (non-hydrogen) atoms. The van der Waals surface area contributed by atoms with E-state index in [1.807, 2.05) is 12.3 Å². The second-order valence-corrected chi connectivity index (χ2v) is 4.29. The van der Waals surface area contributed by atoms with Crippen LogP contribution in [-0.4, -0.2) is 11.5 Å². The standard InChI is InChI=1S/C14H15N3/c15-8-14-13-6-2-1-4-11(13)10-17(14)12-5-3-7-16-9-12/h1-7,9,14H,8,10,15H2. The number of nitrogens with two attached hydrogens (primary N) is 1. The highest BCUT2D eigenvalue weighted by atomic mass is 15.2. The average Bonchev–Trinajstić information content (AvgIpc) is 2.78. The predicted octanol–water partition coefficient (Wildman–Crippen LogP) is 2.10. The van der Waals surface area contributed by atoms with Crippen molar-refractivity contribution >= 4 is 5.69 Å². The molecule has 0 radical (unpaired) electrons. The first kappa shape index (κ1) is 10.3. The molecule has 0 aliphatic carbocycles. The molecule has 0 amide bonds. The zero-order valence-corrected chi connectivity index (χ0v) is 9.58. The summed E-state index contributed by atoms with van der Waals surface area (Å²) in [6.07, 6.45) is 3.69. The van der Waals surface area contributed by atoms with Crippen LogP contribution in [0.1, 0.15) is 17.2 Å². The largest absolute Gasteiger partial charge is 0.358 e. The number of pyridine rings is 1. The van der Waals surface area contributed by atoms with Crippen LogP contribution in [0.4, 0.5) is 5.69 Å². The first-order valence-corrected chi connectivity index (χ1v) is 5.84. The average molecular weight is 225 g/mol. The van der Waals surface area contributed by atoms with Crippen molar-refractivity contribution < 1.29 is 0 Å². The monoisotopic (exact) mass is 225 g/mol. The van der Waals surface area contributed by atoms with E-state index in [1.165, 1.54) is 11.1 Å². The number of benzene rings is 1. The van der Waals surface area contributed by atoms with E-state index >= 15 is 0 Å². The van der Waals surface area contributed by atoms with Gasteiger partial charge in [-0.25, -0.2) is 0 Å². The molecule has 3 nitrogen and oxygen atoms in total. The summed E-state index contributed by atoms with van der Waals surface area (Å²) in [7, 11) is 0. The van der Waals surface area contributed by atoms with Gasteiger partial charge in [0, 0.05) is 19.3 Å². The van der Waals surface area contributed by atoms with Crippen molar-refractivity contribution in [2.24, 2.45) is 5.73 Å². The maximum Gasteiger partial charge on any atom is 0.0672 e. The van der Waals surface area contributed by atoms with Crippen molar-refractivity contribution in [2.45, 2.75) is 12.6 Å². The van der Waals surface area contributed by atoms with Crippen LogP contribution in [0.15, 0.2) is 48.8 Å². The molecular weight excluding hydrogens is 210 g/mol. The van der Waals surface area contributed by atoms with Crippen molar-refractivity contribution in [3.63, 3.8) is 0 Å². The molecule has 1 aromatic heterocycles. The van der Waals surface area contributed by atoms with Crippen LogP contribution in [0.3, 0.4) is 0 Å². The maximum atomic E-state index is 5.91. The molecule has 1 aromatic carbocycles. The third kappa shape index (κ3) is 1.68. The molecule has 1 atom stereocenters. The fraction of sp³-hybridized carbons (Fsp3) is 0.214. The second kappa shape index (κ2) is 4.18. The van der Waals surface area contributed by atoms with Crippen molar-refractivity contribution in [1.82, 2.24) is 4.98 Å². The van der Waals surface area contributed by atoms with Crippen LogP contribution >= 0.6 is 0 Å². The molecule has 0 saturated heterocycles. The van der Waals surface area contributed by atoms with E-state index in [0.717, 1.165) is 12.2 Å². The zero-order chi connectivity index (χ0) is 11.7. The van der Waals surface area contributed by atoms with Gasteiger partial charge >= 0.3 is 0 Å². The van der Waals surface area contributed by atoms with Gasteiger partial charge in [-0.3, -0.25) is 4.98 Å². The normalized spacial score (nSPS) is 18.2. The Morgan fingerprint density at radius 2 is 2.12 bits per heavy atom. The van der Waals surface area contributed by atoms with Crippen LogP contribution in [-0.2, 0) is 6.54 Å². The molecule has 2 heterocycles. The highest BCUT2D eigenvalue weighted by Crippen LogP contribution is 2.36. The Hall–Kier alpha value is -1.87. The first-order chi connectivity index (χ1) is 8.40. The van der Waals surface area contributed by atoms with Gasteiger partial charge in [0.25, 0.3) is 0 Å². The minimum absolute atomic E-state index is 0.274. The van der Waals surface area contributed by atoms with E-state index < -0.39 is 0 Å². The summed E-state index contributed by atoms with van der Waals surface area (Å²) in [5.74, 6) is 0. The SMILES string of the molecule is NCC1c2ccccc2CN1c1cccnc1. The molecule has 3 rings (SSSR count). The molecule has 0 spiro atoms. The maximum absolute atomic E-state index is 5.91. The van der Waals surface area contributed by atoms with Gasteiger partial charge in [-0.05, 0) is 23.3 Å². The lowest BCUT2D eigenvalue weighted by molar-refractivity contribution is 0.678. The molecule has 0 fully saturated rings. The van der Waals surface area contributed by atoms with Crippen molar-refractivity contribution in [3.8, 4) is 0 Å². The van der Waals surface area contributed by atoms with Crippen molar-refractivity contribution in [1.29, 1.82) is 0 Å². The number of rotatable bonds is 2. The molecule has 0 bridgehead atoms. The van der Waals surface area contributed by atoms with Gasteiger partial charge in [0.15, 0.2) is 0 Å². The first-order valence-electron chi connectivity index (χ1n) is 5.84. The van der Waals surface area contributed by atoms with Crippen molar-refractivity contribution in [2.75, 3.05) is 11.4 Å². The van der Waals surface area contributed by atoms with Gasteiger partial charge in [0.1, 0.15) is 0 Å². The number of fused-ring (bicyclic) bond motifs is 1. The van der Waals surface area contributed by atoms with Gasteiger partial charge < -0.3 is 10.6 Å². The lowest BCUT2D eigenvalue weighted by atomic mass is 10.1. The highest BCUT2D eigenvalue weighted by molar-refractivity contribution is 5.53. The third-order valence-corrected chi connectivity index (χ3v) is 3.33. The molecule has 1 aliphatic heterocycles. The Morgan fingerprint density at radius 1 is 1.24 bits per heavy atom. The van der Waals surface area contributed by atoms with E-state index in [4.69, 9.17) is 5.73 Å². The molecule has 2 N–H and O–H groups in total. The summed E-state index contributed by atoms with van der Waals surface area (Å²) in [5.41, 5.74) is 9.77. The Labute approximate surface area is 101 Å². The minimum atomic E-state index is 0.274. The van der Waals surface area contributed by atoms with Crippen molar-refractivity contribution in [3.05, 3.63) is 59.9 Å². The quantitative estimate of drug-likeness (QED) is 0.851. The number of nitrogens with zero attached hydrogens (tertiary/aromatic N) is 2. The summed E-state index contributed by atoms with van der Waals surface area (Å²) < 4.78 is 0. The van der Waals surface area contributed by atoms with Crippen LogP contribution in [0.5, 0.6) is 0 Å². The molecule has 1 unspecified atom stereocenters. The fourth-order valence-electron chi connectivity index (χ4n) is 2.51. The second-order valence-electron chi connectivity index (χ2n) is 4.29. The molecule has 86 valence electrons. The van der Waals surface area contributed by atoms with Crippen LogP contribution in [0.2, 0.25) is 0 Å². The molecule has 2 aromatic rings. The summed E-state index contributed by atoms with van der Waals surface area (Å²) >= 11 is 0. The highest BCUT2D eigenvalue weighted by Gasteiger charge is 2.28. The third-order valence-electron chi connectivity index (χ3n) is 3.33. The van der Waals surface area contributed by atoms with Gasteiger partial charge in [0.2, 0.25) is 0 Å². The number of aromatic nitrogens is 1. The minimum Gasteiger partial charge on any atom is -0.358 e. The summed E-state index contributed by atoms with van der Waals surface area (Å²) in [6.45, 7) is 1.55. The Bertz CT molecular complexity index is 510. The van der Waals surface area contributed by atoms with E-state index in [9.17, 15) is 0 Å². The summed E-state index contributed by atoms with van der Waals surface area (Å²) in [4.78, 5) is 6.50. The molecule has 3 heteroatoms. The Morgan fingerprint density at radius 3 is 2.88 bits per heavy atom.